The Morgan fingerprint density at radius 3 is 2.37 bits per heavy atom. The molecule has 0 spiro atoms. The SMILES string of the molecule is CC(C)CCNC(=O)[C@H]1CN(C(=O)NC(C)(C)C)C[C@@H]1c1ccc(F)cc1. The summed E-state index contributed by atoms with van der Waals surface area (Å²) in [4.78, 5) is 27.1. The first-order chi connectivity index (χ1) is 12.6. The van der Waals surface area contributed by atoms with Gasteiger partial charge in [-0.1, -0.05) is 26.0 Å². The predicted molar refractivity (Wildman–Crippen MR) is 105 cm³/mol. The number of carbonyl (C=O) groups is 2. The first-order valence-corrected chi connectivity index (χ1v) is 9.67. The Morgan fingerprint density at radius 1 is 1.19 bits per heavy atom. The standard InChI is InChI=1S/C21H32FN3O2/c1-14(2)10-11-23-19(26)18-13-25(20(27)24-21(3,4)5)12-17(18)15-6-8-16(22)9-7-15/h6-9,14,17-18H,10-13H2,1-5H3,(H,23,26)(H,24,27)/t17-,18+/m1/s1. The van der Waals surface area contributed by atoms with Gasteiger partial charge in [0, 0.05) is 31.1 Å². The Bertz CT molecular complexity index is 652. The molecule has 2 rings (SSSR count). The lowest BCUT2D eigenvalue weighted by molar-refractivity contribution is -0.124. The number of benzene rings is 1. The smallest absolute Gasteiger partial charge is 0.317 e. The molecule has 1 aromatic carbocycles. The summed E-state index contributed by atoms with van der Waals surface area (Å²) < 4.78 is 13.3. The number of hydrogen-bond acceptors (Lipinski definition) is 2. The van der Waals surface area contributed by atoms with Crippen molar-refractivity contribution in [3.8, 4) is 0 Å². The highest BCUT2D eigenvalue weighted by Crippen LogP contribution is 2.33. The zero-order chi connectivity index (χ0) is 20.2. The van der Waals surface area contributed by atoms with E-state index >= 15 is 0 Å². The van der Waals surface area contributed by atoms with Crippen molar-refractivity contribution in [2.75, 3.05) is 19.6 Å². The number of nitrogens with zero attached hydrogens (tertiary/aromatic N) is 1. The number of hydrogen-bond donors (Lipinski definition) is 2. The Morgan fingerprint density at radius 2 is 1.81 bits per heavy atom. The van der Waals surface area contributed by atoms with E-state index in [2.05, 4.69) is 24.5 Å². The molecule has 1 aromatic rings. The summed E-state index contributed by atoms with van der Waals surface area (Å²) in [6.45, 7) is 11.4. The van der Waals surface area contributed by atoms with Crippen molar-refractivity contribution in [3.05, 3.63) is 35.6 Å². The van der Waals surface area contributed by atoms with Crippen molar-refractivity contribution in [1.29, 1.82) is 0 Å². The van der Waals surface area contributed by atoms with Crippen LogP contribution in [0.25, 0.3) is 0 Å². The van der Waals surface area contributed by atoms with Crippen molar-refractivity contribution in [3.63, 3.8) is 0 Å². The van der Waals surface area contributed by atoms with Gasteiger partial charge in [0.15, 0.2) is 0 Å². The molecule has 5 nitrogen and oxygen atoms in total. The van der Waals surface area contributed by atoms with Crippen LogP contribution in [-0.2, 0) is 4.79 Å². The van der Waals surface area contributed by atoms with Crippen LogP contribution in [0, 0.1) is 17.7 Å². The molecular weight excluding hydrogens is 345 g/mol. The zero-order valence-corrected chi connectivity index (χ0v) is 17.0. The van der Waals surface area contributed by atoms with Crippen molar-refractivity contribution in [2.24, 2.45) is 11.8 Å². The van der Waals surface area contributed by atoms with Crippen LogP contribution in [0.3, 0.4) is 0 Å². The van der Waals surface area contributed by atoms with E-state index in [9.17, 15) is 14.0 Å². The third-order valence-corrected chi connectivity index (χ3v) is 4.74. The molecule has 0 radical (unpaired) electrons. The molecule has 2 N–H and O–H groups in total. The number of nitrogens with one attached hydrogen (secondary N) is 2. The average molecular weight is 378 g/mol. The monoisotopic (exact) mass is 377 g/mol. The number of urea groups is 1. The summed E-state index contributed by atoms with van der Waals surface area (Å²) in [5.74, 6) is -0.326. The van der Waals surface area contributed by atoms with Gasteiger partial charge in [-0.05, 0) is 50.8 Å². The maximum atomic E-state index is 13.3. The summed E-state index contributed by atoms with van der Waals surface area (Å²) in [6.07, 6.45) is 0.911. The van der Waals surface area contributed by atoms with E-state index < -0.39 is 0 Å². The number of amides is 3. The second kappa shape index (κ2) is 8.72. The molecule has 1 heterocycles. The van der Waals surface area contributed by atoms with Gasteiger partial charge in [-0.15, -0.1) is 0 Å². The molecule has 1 saturated heterocycles. The van der Waals surface area contributed by atoms with E-state index in [1.54, 1.807) is 17.0 Å². The fraction of sp³-hybridized carbons (Fsp3) is 0.619. The largest absolute Gasteiger partial charge is 0.356 e. The summed E-state index contributed by atoms with van der Waals surface area (Å²) in [6, 6.07) is 6.05. The average Bonchev–Trinajstić information content (AvgIpc) is 2.99. The van der Waals surface area contributed by atoms with Crippen LogP contribution in [0.4, 0.5) is 9.18 Å². The number of carbonyl (C=O) groups excluding carboxylic acids is 2. The number of rotatable bonds is 5. The lowest BCUT2D eigenvalue weighted by Gasteiger charge is -2.25. The normalized spacial score (nSPS) is 20.0. The van der Waals surface area contributed by atoms with E-state index in [1.807, 2.05) is 20.8 Å². The first kappa shape index (κ1) is 21.2. The highest BCUT2D eigenvalue weighted by molar-refractivity contribution is 5.83. The Hall–Kier alpha value is -2.11. The van der Waals surface area contributed by atoms with E-state index in [1.165, 1.54) is 12.1 Å². The molecule has 1 aliphatic heterocycles. The van der Waals surface area contributed by atoms with E-state index in [-0.39, 0.29) is 35.1 Å². The number of halogens is 1. The van der Waals surface area contributed by atoms with Crippen LogP contribution < -0.4 is 10.6 Å². The second-order valence-corrected chi connectivity index (χ2v) is 8.82. The molecule has 0 aromatic heterocycles. The third kappa shape index (κ3) is 6.22. The van der Waals surface area contributed by atoms with Gasteiger partial charge in [0.2, 0.25) is 5.91 Å². The Balaban J connectivity index is 2.15. The molecule has 0 aliphatic carbocycles. The molecule has 0 saturated carbocycles. The maximum absolute atomic E-state index is 13.3. The molecule has 1 fully saturated rings. The van der Waals surface area contributed by atoms with Crippen molar-refractivity contribution in [1.82, 2.24) is 15.5 Å². The first-order valence-electron chi connectivity index (χ1n) is 9.67. The lowest BCUT2D eigenvalue weighted by Crippen LogP contribution is -2.48. The summed E-state index contributed by atoms with van der Waals surface area (Å²) in [5, 5.41) is 5.96. The van der Waals surface area contributed by atoms with Crippen LogP contribution in [0.2, 0.25) is 0 Å². The van der Waals surface area contributed by atoms with Crippen molar-refractivity contribution < 1.29 is 14.0 Å². The van der Waals surface area contributed by atoms with E-state index in [4.69, 9.17) is 0 Å². The van der Waals surface area contributed by atoms with Crippen LogP contribution in [0.1, 0.15) is 52.5 Å². The highest BCUT2D eigenvalue weighted by atomic mass is 19.1. The summed E-state index contributed by atoms with van der Waals surface area (Å²) in [5.41, 5.74) is 0.534. The van der Waals surface area contributed by atoms with Gasteiger partial charge >= 0.3 is 6.03 Å². The second-order valence-electron chi connectivity index (χ2n) is 8.82. The van der Waals surface area contributed by atoms with Crippen LogP contribution in [0.5, 0.6) is 0 Å². The lowest BCUT2D eigenvalue weighted by atomic mass is 9.88. The fourth-order valence-corrected chi connectivity index (χ4v) is 3.30. The molecule has 1 aliphatic rings. The van der Waals surface area contributed by atoms with Crippen LogP contribution in [-0.4, -0.2) is 42.0 Å². The maximum Gasteiger partial charge on any atom is 0.317 e. The van der Waals surface area contributed by atoms with Gasteiger partial charge in [-0.2, -0.15) is 0 Å². The molecule has 6 heteroatoms. The molecule has 150 valence electrons. The molecule has 0 bridgehead atoms. The van der Waals surface area contributed by atoms with Gasteiger partial charge < -0.3 is 15.5 Å². The van der Waals surface area contributed by atoms with Gasteiger partial charge in [0.1, 0.15) is 5.82 Å². The summed E-state index contributed by atoms with van der Waals surface area (Å²) >= 11 is 0. The van der Waals surface area contributed by atoms with Crippen LogP contribution in [0.15, 0.2) is 24.3 Å². The van der Waals surface area contributed by atoms with Crippen LogP contribution >= 0.6 is 0 Å². The molecular formula is C21H32FN3O2. The summed E-state index contributed by atoms with van der Waals surface area (Å²) in [7, 11) is 0. The molecule has 3 amide bonds. The predicted octanol–water partition coefficient (Wildman–Crippen LogP) is 3.51. The molecule has 0 unspecified atom stereocenters. The van der Waals surface area contributed by atoms with E-state index in [0.717, 1.165) is 12.0 Å². The fourth-order valence-electron chi connectivity index (χ4n) is 3.30. The molecule has 2 atom stereocenters. The third-order valence-electron chi connectivity index (χ3n) is 4.74. The quantitative estimate of drug-likeness (QED) is 0.825. The Labute approximate surface area is 161 Å². The highest BCUT2D eigenvalue weighted by Gasteiger charge is 2.40. The van der Waals surface area contributed by atoms with Crippen molar-refractivity contribution >= 4 is 11.9 Å². The van der Waals surface area contributed by atoms with Gasteiger partial charge in [-0.25, -0.2) is 9.18 Å². The topological polar surface area (TPSA) is 61.4 Å². The Kier molecular flexibility index (Phi) is 6.84. The minimum absolute atomic E-state index is 0.0453. The zero-order valence-electron chi connectivity index (χ0n) is 17.0. The van der Waals surface area contributed by atoms with Gasteiger partial charge in [0.25, 0.3) is 0 Å². The minimum Gasteiger partial charge on any atom is -0.356 e. The van der Waals surface area contributed by atoms with E-state index in [0.29, 0.717) is 25.6 Å². The minimum atomic E-state index is -0.347. The van der Waals surface area contributed by atoms with Gasteiger partial charge in [0.05, 0.1) is 5.92 Å². The number of likely N-dealkylation sites (tertiary alicyclic amines) is 1. The van der Waals surface area contributed by atoms with Crippen molar-refractivity contribution in [2.45, 2.75) is 52.5 Å². The molecule has 27 heavy (non-hydrogen) atoms. The van der Waals surface area contributed by atoms with Gasteiger partial charge in [-0.3, -0.25) is 4.79 Å².